The molecule has 10 heteroatoms. The average molecular weight is 411 g/mol. The number of anilines is 2. The average Bonchev–Trinajstić information content (AvgIpc) is 3.41. The van der Waals surface area contributed by atoms with Crippen molar-refractivity contribution in [2.75, 3.05) is 11.9 Å². The Morgan fingerprint density at radius 3 is 2.90 bits per heavy atom. The number of rotatable bonds is 5. The minimum atomic E-state index is -0.0721. The summed E-state index contributed by atoms with van der Waals surface area (Å²) in [6.45, 7) is 4.46. The van der Waals surface area contributed by atoms with Crippen molar-refractivity contribution in [1.29, 1.82) is 0 Å². The van der Waals surface area contributed by atoms with Crippen molar-refractivity contribution in [1.82, 2.24) is 34.8 Å². The number of nitrogens with one attached hydrogen (secondary N) is 1. The quantitative estimate of drug-likeness (QED) is 0.645. The van der Waals surface area contributed by atoms with Crippen LogP contribution in [0.4, 0.5) is 10.9 Å². The molecule has 1 aliphatic rings. The highest BCUT2D eigenvalue weighted by Crippen LogP contribution is 2.32. The monoisotopic (exact) mass is 410 g/mol. The number of hydrogen-bond acceptors (Lipinski definition) is 8. The summed E-state index contributed by atoms with van der Waals surface area (Å²) < 4.78 is 1.73. The molecule has 4 heterocycles. The fourth-order valence-electron chi connectivity index (χ4n) is 3.42. The smallest absolute Gasteiger partial charge is 0.247 e. The molecule has 0 aromatic carbocycles. The molecule has 1 fully saturated rings. The van der Waals surface area contributed by atoms with Crippen LogP contribution in [0.5, 0.6) is 0 Å². The number of aryl methyl sites for hydroxylation is 3. The minimum Gasteiger partial charge on any atom is -0.331 e. The highest BCUT2D eigenvalue weighted by atomic mass is 32.1. The highest BCUT2D eigenvalue weighted by Gasteiger charge is 2.30. The third-order valence-corrected chi connectivity index (χ3v) is 5.51. The lowest BCUT2D eigenvalue weighted by molar-refractivity contribution is -0.126. The van der Waals surface area contributed by atoms with E-state index in [4.69, 9.17) is 0 Å². The maximum Gasteiger partial charge on any atom is 0.247 e. The highest BCUT2D eigenvalue weighted by molar-refractivity contribution is 7.15. The lowest BCUT2D eigenvalue weighted by atomic mass is 10.1. The van der Waals surface area contributed by atoms with Crippen molar-refractivity contribution in [3.63, 3.8) is 0 Å². The van der Waals surface area contributed by atoms with E-state index in [0.29, 0.717) is 23.3 Å². The third kappa shape index (κ3) is 4.32. The summed E-state index contributed by atoms with van der Waals surface area (Å²) in [7, 11) is 1.85. The Morgan fingerprint density at radius 2 is 2.17 bits per heavy atom. The number of nitrogens with zero attached hydrogens (tertiary/aromatic N) is 7. The largest absolute Gasteiger partial charge is 0.331 e. The number of amides is 1. The molecule has 0 bridgehead atoms. The van der Waals surface area contributed by atoms with Crippen LogP contribution < -0.4 is 5.32 Å². The normalized spacial score (nSPS) is 16.7. The molecule has 1 saturated heterocycles. The number of carbonyl (C=O) groups excluding carboxylic acids is 1. The number of carbonyl (C=O) groups is 1. The second kappa shape index (κ2) is 8.08. The summed E-state index contributed by atoms with van der Waals surface area (Å²) in [5, 5.41) is 17.0. The van der Waals surface area contributed by atoms with E-state index in [1.807, 2.05) is 37.9 Å². The van der Waals surface area contributed by atoms with E-state index in [-0.39, 0.29) is 11.9 Å². The summed E-state index contributed by atoms with van der Waals surface area (Å²) in [5.41, 5.74) is 1.71. The van der Waals surface area contributed by atoms with E-state index in [0.717, 1.165) is 29.2 Å². The molecule has 0 aliphatic carbocycles. The van der Waals surface area contributed by atoms with Gasteiger partial charge in [-0.3, -0.25) is 9.48 Å². The van der Waals surface area contributed by atoms with Gasteiger partial charge in [0.1, 0.15) is 16.6 Å². The maximum atomic E-state index is 12.8. The second-order valence-electron chi connectivity index (χ2n) is 6.88. The van der Waals surface area contributed by atoms with Gasteiger partial charge in [0.05, 0.1) is 17.4 Å². The Hall–Kier alpha value is -3.14. The van der Waals surface area contributed by atoms with Crippen LogP contribution in [-0.2, 0) is 11.8 Å². The summed E-state index contributed by atoms with van der Waals surface area (Å²) in [4.78, 5) is 23.8. The molecule has 1 unspecified atom stereocenters. The first-order chi connectivity index (χ1) is 14.0. The predicted octanol–water partition coefficient (Wildman–Crippen LogP) is 2.80. The van der Waals surface area contributed by atoms with Gasteiger partial charge in [0.15, 0.2) is 0 Å². The van der Waals surface area contributed by atoms with E-state index in [9.17, 15) is 4.79 Å². The zero-order valence-corrected chi connectivity index (χ0v) is 17.3. The van der Waals surface area contributed by atoms with Crippen LogP contribution in [0.2, 0.25) is 0 Å². The molecule has 9 nitrogen and oxygen atoms in total. The van der Waals surface area contributed by atoms with Gasteiger partial charge in [-0.15, -0.1) is 10.2 Å². The van der Waals surface area contributed by atoms with Crippen LogP contribution in [0.25, 0.3) is 6.08 Å². The van der Waals surface area contributed by atoms with Gasteiger partial charge >= 0.3 is 0 Å². The lowest BCUT2D eigenvalue weighted by Crippen LogP contribution is -2.29. The van der Waals surface area contributed by atoms with E-state index in [2.05, 4.69) is 30.6 Å². The number of aromatic nitrogens is 6. The van der Waals surface area contributed by atoms with E-state index in [1.165, 1.54) is 11.3 Å². The van der Waals surface area contributed by atoms with Crippen molar-refractivity contribution in [2.45, 2.75) is 32.7 Å². The third-order valence-electron chi connectivity index (χ3n) is 4.75. The zero-order valence-electron chi connectivity index (χ0n) is 16.5. The second-order valence-corrected chi connectivity index (χ2v) is 8.06. The van der Waals surface area contributed by atoms with Crippen LogP contribution in [0, 0.1) is 13.8 Å². The molecule has 3 aromatic heterocycles. The van der Waals surface area contributed by atoms with Gasteiger partial charge in [-0.2, -0.15) is 5.10 Å². The van der Waals surface area contributed by atoms with Crippen LogP contribution >= 0.6 is 11.3 Å². The molecule has 0 spiro atoms. The topological polar surface area (TPSA) is 102 Å². The molecule has 3 aromatic rings. The molecular formula is C19H22N8OS. The number of hydrogen-bond donors (Lipinski definition) is 1. The molecule has 1 amide bonds. The van der Waals surface area contributed by atoms with Crippen LogP contribution in [0.1, 0.15) is 41.1 Å². The first kappa shape index (κ1) is 19.2. The van der Waals surface area contributed by atoms with Gasteiger partial charge in [0.25, 0.3) is 0 Å². The van der Waals surface area contributed by atoms with E-state index < -0.39 is 0 Å². The van der Waals surface area contributed by atoms with Crippen molar-refractivity contribution in [3.8, 4) is 0 Å². The Labute approximate surface area is 172 Å². The Bertz CT molecular complexity index is 1060. The van der Waals surface area contributed by atoms with Crippen molar-refractivity contribution in [2.24, 2.45) is 7.05 Å². The molecule has 0 saturated carbocycles. The SMILES string of the molecule is Cc1nc(Nc2nnc(C)s2)cc(C2CCCN2C(=O)/C=C/c2ccnn2C)n1. The summed E-state index contributed by atoms with van der Waals surface area (Å²) in [6.07, 6.45) is 6.92. The fraction of sp³-hybridized carbons (Fsp3) is 0.368. The molecule has 29 heavy (non-hydrogen) atoms. The molecule has 4 rings (SSSR count). The van der Waals surface area contributed by atoms with Crippen molar-refractivity contribution in [3.05, 3.63) is 46.6 Å². The van der Waals surface area contributed by atoms with Crippen molar-refractivity contribution >= 4 is 34.3 Å². The maximum absolute atomic E-state index is 12.8. The first-order valence-electron chi connectivity index (χ1n) is 9.39. The number of likely N-dealkylation sites (tertiary alicyclic amines) is 1. The van der Waals surface area contributed by atoms with Crippen LogP contribution in [-0.4, -0.2) is 47.3 Å². The zero-order chi connectivity index (χ0) is 20.4. The van der Waals surface area contributed by atoms with Crippen LogP contribution in [0.15, 0.2) is 24.4 Å². The van der Waals surface area contributed by atoms with Gasteiger partial charge in [-0.25, -0.2) is 9.97 Å². The van der Waals surface area contributed by atoms with Gasteiger partial charge in [0, 0.05) is 31.9 Å². The fourth-order valence-corrected chi connectivity index (χ4v) is 4.02. The molecule has 150 valence electrons. The summed E-state index contributed by atoms with van der Waals surface area (Å²) in [6, 6.07) is 3.69. The molecular weight excluding hydrogens is 388 g/mol. The standard InChI is InChI=1S/C19H22N8OS/c1-12-21-15(11-17(22-12)23-19-25-24-13(2)29-19)16-5-4-10-27(16)18(28)7-6-14-8-9-20-26(14)3/h6-9,11,16H,4-5,10H2,1-3H3,(H,21,22,23,25)/b7-6+. The van der Waals surface area contributed by atoms with Crippen molar-refractivity contribution < 1.29 is 4.79 Å². The molecule has 1 aliphatic heterocycles. The summed E-state index contributed by atoms with van der Waals surface area (Å²) in [5.74, 6) is 1.28. The van der Waals surface area contributed by atoms with E-state index in [1.54, 1.807) is 23.0 Å². The van der Waals surface area contributed by atoms with Crippen LogP contribution in [0.3, 0.4) is 0 Å². The minimum absolute atomic E-state index is 0.0285. The Morgan fingerprint density at radius 1 is 1.31 bits per heavy atom. The van der Waals surface area contributed by atoms with E-state index >= 15 is 0 Å². The Balaban J connectivity index is 1.54. The van der Waals surface area contributed by atoms with Gasteiger partial charge in [-0.1, -0.05) is 11.3 Å². The molecule has 1 atom stereocenters. The predicted molar refractivity (Wildman–Crippen MR) is 111 cm³/mol. The molecule has 1 N–H and O–H groups in total. The summed E-state index contributed by atoms with van der Waals surface area (Å²) >= 11 is 1.46. The molecule has 0 radical (unpaired) electrons. The van der Waals surface area contributed by atoms with Gasteiger partial charge in [0.2, 0.25) is 11.0 Å². The first-order valence-corrected chi connectivity index (χ1v) is 10.2. The lowest BCUT2D eigenvalue weighted by Gasteiger charge is -2.23. The van der Waals surface area contributed by atoms with Gasteiger partial charge < -0.3 is 10.2 Å². The van der Waals surface area contributed by atoms with Gasteiger partial charge in [-0.05, 0) is 38.8 Å². The Kier molecular flexibility index (Phi) is 5.34.